The lowest BCUT2D eigenvalue weighted by Crippen LogP contribution is -2.14. The smallest absolute Gasteiger partial charge is 0.257 e. The van der Waals surface area contributed by atoms with Gasteiger partial charge in [-0.3, -0.25) is 4.79 Å². The molecule has 0 aliphatic rings. The van der Waals surface area contributed by atoms with Gasteiger partial charge in [0.05, 0.1) is 17.5 Å². The number of aryl methyl sites for hydroxylation is 1. The molecule has 1 N–H and O–H groups in total. The molecule has 6 heteroatoms. The van der Waals surface area contributed by atoms with Gasteiger partial charge >= 0.3 is 0 Å². The summed E-state index contributed by atoms with van der Waals surface area (Å²) in [7, 11) is 0. The normalized spacial score (nSPS) is 11.2. The molecule has 0 bridgehead atoms. The lowest BCUT2D eigenvalue weighted by Gasteiger charge is -2.10. The summed E-state index contributed by atoms with van der Waals surface area (Å²) in [5, 5.41) is 8.11. The van der Waals surface area contributed by atoms with Crippen LogP contribution in [0.25, 0.3) is 11.0 Å². The Morgan fingerprint density at radius 2 is 2.09 bits per heavy atom. The zero-order valence-corrected chi connectivity index (χ0v) is 14.8. The number of amides is 1. The number of halogens is 1. The molecule has 2 aromatic heterocycles. The number of rotatable bonds is 3. The van der Waals surface area contributed by atoms with Gasteiger partial charge in [0, 0.05) is 21.6 Å². The molecule has 0 spiro atoms. The van der Waals surface area contributed by atoms with E-state index in [0.29, 0.717) is 11.3 Å². The summed E-state index contributed by atoms with van der Waals surface area (Å²) in [6.45, 7) is 5.95. The van der Waals surface area contributed by atoms with Crippen LogP contribution in [0.15, 0.2) is 41.0 Å². The Kier molecular flexibility index (Phi) is 4.17. The molecule has 2 heterocycles. The molecule has 0 saturated heterocycles. The highest BCUT2D eigenvalue weighted by Gasteiger charge is 2.15. The third-order valence-corrected chi connectivity index (χ3v) is 4.07. The summed E-state index contributed by atoms with van der Waals surface area (Å²) >= 11 is 3.40. The molecule has 0 fully saturated rings. The van der Waals surface area contributed by atoms with Crippen molar-refractivity contribution in [1.82, 2.24) is 14.8 Å². The standard InChI is InChI=1S/C17H17BrN4O/c1-10(2)22-16-12(9-19-22)7-15(11(3)20-16)17(23)21-14-6-4-5-13(18)8-14/h4-10H,1-3H3,(H,21,23). The van der Waals surface area contributed by atoms with E-state index in [1.54, 1.807) is 6.20 Å². The molecule has 0 radical (unpaired) electrons. The first-order chi connectivity index (χ1) is 11.0. The van der Waals surface area contributed by atoms with Gasteiger partial charge in [-0.1, -0.05) is 22.0 Å². The number of hydrogen-bond acceptors (Lipinski definition) is 3. The van der Waals surface area contributed by atoms with E-state index in [1.807, 2.05) is 41.9 Å². The van der Waals surface area contributed by atoms with Crippen LogP contribution in [0, 0.1) is 6.92 Å². The van der Waals surface area contributed by atoms with Gasteiger partial charge in [0.15, 0.2) is 5.65 Å². The summed E-state index contributed by atoms with van der Waals surface area (Å²) < 4.78 is 2.78. The van der Waals surface area contributed by atoms with Crippen LogP contribution in [0.4, 0.5) is 5.69 Å². The van der Waals surface area contributed by atoms with E-state index >= 15 is 0 Å². The average Bonchev–Trinajstić information content (AvgIpc) is 2.89. The Bertz CT molecular complexity index is 885. The molecule has 3 rings (SSSR count). The molecule has 1 amide bonds. The van der Waals surface area contributed by atoms with E-state index < -0.39 is 0 Å². The second-order valence-corrected chi connectivity index (χ2v) is 6.60. The molecule has 118 valence electrons. The van der Waals surface area contributed by atoms with Gasteiger partial charge in [-0.15, -0.1) is 0 Å². The minimum absolute atomic E-state index is 0.174. The summed E-state index contributed by atoms with van der Waals surface area (Å²) in [6, 6.07) is 9.56. The number of carbonyl (C=O) groups excluding carboxylic acids is 1. The summed E-state index contributed by atoms with van der Waals surface area (Å²) in [5.41, 5.74) is 2.78. The number of pyridine rings is 1. The van der Waals surface area contributed by atoms with Gasteiger partial charge in [-0.05, 0) is 45.0 Å². The van der Waals surface area contributed by atoms with E-state index in [9.17, 15) is 4.79 Å². The van der Waals surface area contributed by atoms with Crippen LogP contribution < -0.4 is 5.32 Å². The highest BCUT2D eigenvalue weighted by molar-refractivity contribution is 9.10. The zero-order valence-electron chi connectivity index (χ0n) is 13.2. The number of nitrogens with one attached hydrogen (secondary N) is 1. The van der Waals surface area contributed by atoms with E-state index in [4.69, 9.17) is 0 Å². The van der Waals surface area contributed by atoms with Crippen molar-refractivity contribution in [3.8, 4) is 0 Å². The topological polar surface area (TPSA) is 59.8 Å². The van der Waals surface area contributed by atoms with Gasteiger partial charge in [-0.25, -0.2) is 9.67 Å². The van der Waals surface area contributed by atoms with Gasteiger partial charge < -0.3 is 5.32 Å². The largest absolute Gasteiger partial charge is 0.322 e. The lowest BCUT2D eigenvalue weighted by molar-refractivity contribution is 0.102. The van der Waals surface area contributed by atoms with Crippen molar-refractivity contribution in [1.29, 1.82) is 0 Å². The maximum atomic E-state index is 12.5. The Labute approximate surface area is 142 Å². The van der Waals surface area contributed by atoms with E-state index in [2.05, 4.69) is 45.2 Å². The molecular formula is C17H17BrN4O. The molecule has 23 heavy (non-hydrogen) atoms. The predicted octanol–water partition coefficient (Wildman–Crippen LogP) is 4.34. The Balaban J connectivity index is 1.96. The highest BCUT2D eigenvalue weighted by atomic mass is 79.9. The maximum Gasteiger partial charge on any atom is 0.257 e. The van der Waals surface area contributed by atoms with Gasteiger partial charge in [0.2, 0.25) is 0 Å². The van der Waals surface area contributed by atoms with Crippen LogP contribution in [-0.2, 0) is 0 Å². The zero-order chi connectivity index (χ0) is 16.6. The van der Waals surface area contributed by atoms with Crippen molar-refractivity contribution in [2.24, 2.45) is 0 Å². The van der Waals surface area contributed by atoms with Crippen molar-refractivity contribution in [3.63, 3.8) is 0 Å². The fourth-order valence-electron chi connectivity index (χ4n) is 2.44. The van der Waals surface area contributed by atoms with E-state index in [-0.39, 0.29) is 11.9 Å². The van der Waals surface area contributed by atoms with Crippen LogP contribution in [0.3, 0.4) is 0 Å². The fraction of sp³-hybridized carbons (Fsp3) is 0.235. The van der Waals surface area contributed by atoms with Crippen molar-refractivity contribution in [2.45, 2.75) is 26.8 Å². The van der Waals surface area contributed by atoms with Crippen LogP contribution in [0.1, 0.15) is 35.9 Å². The SMILES string of the molecule is Cc1nc2c(cnn2C(C)C)cc1C(=O)Nc1cccc(Br)c1. The van der Waals surface area contributed by atoms with Gasteiger partial charge in [0.1, 0.15) is 0 Å². The molecule has 0 unspecified atom stereocenters. The molecule has 5 nitrogen and oxygen atoms in total. The van der Waals surface area contributed by atoms with Crippen molar-refractivity contribution < 1.29 is 4.79 Å². The van der Waals surface area contributed by atoms with Crippen molar-refractivity contribution in [3.05, 3.63) is 52.3 Å². The molecule has 0 saturated carbocycles. The number of aromatic nitrogens is 3. The number of hydrogen-bond donors (Lipinski definition) is 1. The molecule has 0 atom stereocenters. The average molecular weight is 373 g/mol. The number of benzene rings is 1. The molecule has 0 aliphatic carbocycles. The highest BCUT2D eigenvalue weighted by Crippen LogP contribution is 2.21. The number of carbonyl (C=O) groups is 1. The molecular weight excluding hydrogens is 356 g/mol. The van der Waals surface area contributed by atoms with E-state index in [0.717, 1.165) is 21.2 Å². The summed E-state index contributed by atoms with van der Waals surface area (Å²) in [4.78, 5) is 17.1. The number of nitrogens with zero attached hydrogens (tertiary/aromatic N) is 3. The maximum absolute atomic E-state index is 12.5. The quantitative estimate of drug-likeness (QED) is 0.743. The van der Waals surface area contributed by atoms with Gasteiger partial charge in [0.25, 0.3) is 5.91 Å². The number of fused-ring (bicyclic) bond motifs is 1. The Hall–Kier alpha value is -2.21. The van der Waals surface area contributed by atoms with Crippen LogP contribution in [0.2, 0.25) is 0 Å². The Morgan fingerprint density at radius 3 is 2.78 bits per heavy atom. The number of anilines is 1. The molecule has 0 aliphatic heterocycles. The van der Waals surface area contributed by atoms with Crippen LogP contribution >= 0.6 is 15.9 Å². The van der Waals surface area contributed by atoms with Crippen molar-refractivity contribution in [2.75, 3.05) is 5.32 Å². The van der Waals surface area contributed by atoms with Gasteiger partial charge in [-0.2, -0.15) is 5.10 Å². The molecule has 3 aromatic rings. The first kappa shape index (κ1) is 15.7. The third kappa shape index (κ3) is 3.12. The van der Waals surface area contributed by atoms with Crippen LogP contribution in [0.5, 0.6) is 0 Å². The molecule has 1 aromatic carbocycles. The van der Waals surface area contributed by atoms with E-state index in [1.165, 1.54) is 0 Å². The minimum Gasteiger partial charge on any atom is -0.322 e. The fourth-order valence-corrected chi connectivity index (χ4v) is 2.84. The van der Waals surface area contributed by atoms with Crippen molar-refractivity contribution >= 4 is 38.6 Å². The third-order valence-electron chi connectivity index (χ3n) is 3.58. The Morgan fingerprint density at radius 1 is 1.30 bits per heavy atom. The minimum atomic E-state index is -0.174. The summed E-state index contributed by atoms with van der Waals surface area (Å²) in [5.74, 6) is -0.174. The second-order valence-electron chi connectivity index (χ2n) is 5.68. The lowest BCUT2D eigenvalue weighted by atomic mass is 10.1. The second kappa shape index (κ2) is 6.12. The first-order valence-corrected chi connectivity index (χ1v) is 8.17. The predicted molar refractivity (Wildman–Crippen MR) is 94.7 cm³/mol. The monoisotopic (exact) mass is 372 g/mol. The van der Waals surface area contributed by atoms with Crippen LogP contribution in [-0.4, -0.2) is 20.7 Å². The first-order valence-electron chi connectivity index (χ1n) is 7.37. The summed E-state index contributed by atoms with van der Waals surface area (Å²) in [6.07, 6.45) is 1.75.